The Morgan fingerprint density at radius 3 is 2.49 bits per heavy atom. The van der Waals surface area contributed by atoms with Crippen LogP contribution in [0.2, 0.25) is 0 Å². The number of fused-ring (bicyclic) bond motifs is 5. The molecule has 1 amide bonds. The van der Waals surface area contributed by atoms with Crippen LogP contribution >= 0.6 is 0 Å². The second-order valence-corrected chi connectivity index (χ2v) is 8.90. The summed E-state index contributed by atoms with van der Waals surface area (Å²) < 4.78 is 88.5. The maximum atomic E-state index is 14.0. The number of halogens is 6. The van der Waals surface area contributed by atoms with E-state index in [0.29, 0.717) is 11.6 Å². The first-order valence-electron chi connectivity index (χ1n) is 11.5. The van der Waals surface area contributed by atoms with Crippen molar-refractivity contribution < 1.29 is 40.7 Å². The molecule has 0 saturated carbocycles. The maximum Gasteiger partial charge on any atom is 0.426 e. The predicted octanol–water partition coefficient (Wildman–Crippen LogP) is 4.57. The van der Waals surface area contributed by atoms with Crippen molar-refractivity contribution in [3.05, 3.63) is 58.6 Å². The van der Waals surface area contributed by atoms with Crippen molar-refractivity contribution in [2.24, 2.45) is 0 Å². The van der Waals surface area contributed by atoms with Crippen molar-refractivity contribution in [2.45, 2.75) is 50.2 Å². The molecule has 1 aliphatic heterocycles. The minimum atomic E-state index is -5.22. The van der Waals surface area contributed by atoms with Gasteiger partial charge in [0.15, 0.2) is 5.69 Å². The molecule has 0 radical (unpaired) electrons. The molecule has 0 unspecified atom stereocenters. The summed E-state index contributed by atoms with van der Waals surface area (Å²) in [6.07, 6.45) is -11.2. The average molecular weight is 554 g/mol. The number of nitrogen functional groups attached to an aromatic ring is 1. The van der Waals surface area contributed by atoms with Crippen molar-refractivity contribution in [3.8, 4) is 17.7 Å². The molecule has 0 aliphatic carbocycles. The fraction of sp³-hybridized carbons (Fsp3) is 0.375. The number of carbonyl (C=O) groups is 1. The lowest BCUT2D eigenvalue weighted by Gasteiger charge is -2.28. The fourth-order valence-corrected chi connectivity index (χ4v) is 4.17. The molecule has 2 aromatic heterocycles. The minimum absolute atomic E-state index is 0.0512. The molecule has 4 bridgehead atoms. The quantitative estimate of drug-likeness (QED) is 0.439. The van der Waals surface area contributed by atoms with Crippen LogP contribution in [0.3, 0.4) is 0 Å². The van der Waals surface area contributed by atoms with Crippen LogP contribution in [0.5, 0.6) is 0 Å². The van der Waals surface area contributed by atoms with Gasteiger partial charge in [0.05, 0.1) is 22.9 Å². The number of rotatable bonds is 2. The largest absolute Gasteiger partial charge is 0.426 e. The molecule has 3 N–H and O–H groups in total. The third-order valence-corrected chi connectivity index (χ3v) is 6.26. The molecule has 39 heavy (non-hydrogen) atoms. The van der Waals surface area contributed by atoms with E-state index in [1.165, 1.54) is 12.1 Å². The number of alkyl halides is 6. The monoisotopic (exact) mass is 554 g/mol. The standard InChI is InChI=1S/C24H20F6N6O3/c25-23(26,27)15-10-16(32)18-19-34-35-21(39-19)22(38,24(28,29)30)8-4-1-5-9-36(20(37)17(15)33-18)12-14-7-3-2-6-13(14)11-31/h2-3,6-7,10,38H,1,4-5,8-9,12,32H2/t22-/m1/s1. The fourth-order valence-electron chi connectivity index (χ4n) is 4.17. The van der Waals surface area contributed by atoms with Gasteiger partial charge >= 0.3 is 12.4 Å². The topological polar surface area (TPSA) is 142 Å². The van der Waals surface area contributed by atoms with E-state index in [1.807, 2.05) is 6.07 Å². The molecule has 3 heterocycles. The summed E-state index contributed by atoms with van der Waals surface area (Å²) in [5, 5.41) is 26.6. The SMILES string of the molecule is N#Cc1ccccc1CN1CCCCC[C@](O)(C(F)(F)F)c2nnc(o2)-c2nc(c(C(F)(F)F)cc2N)C1=O. The van der Waals surface area contributed by atoms with Crippen LogP contribution in [0.15, 0.2) is 34.7 Å². The molecule has 206 valence electrons. The number of hydrogen-bond acceptors (Lipinski definition) is 8. The first kappa shape index (κ1) is 27.8. The number of nitrogens with zero attached hydrogens (tertiary/aromatic N) is 5. The Morgan fingerprint density at radius 1 is 1.10 bits per heavy atom. The Kier molecular flexibility index (Phi) is 7.26. The second-order valence-electron chi connectivity index (χ2n) is 8.90. The van der Waals surface area contributed by atoms with Crippen LogP contribution in [0.25, 0.3) is 11.6 Å². The highest BCUT2D eigenvalue weighted by molar-refractivity contribution is 5.95. The van der Waals surface area contributed by atoms with Crippen molar-refractivity contribution in [1.82, 2.24) is 20.1 Å². The van der Waals surface area contributed by atoms with Gasteiger partial charge in [0.2, 0.25) is 5.60 Å². The lowest BCUT2D eigenvalue weighted by Crippen LogP contribution is -2.42. The molecule has 9 nitrogen and oxygen atoms in total. The van der Waals surface area contributed by atoms with Crippen LogP contribution < -0.4 is 5.73 Å². The van der Waals surface area contributed by atoms with Gasteiger partial charge < -0.3 is 20.2 Å². The van der Waals surface area contributed by atoms with Gasteiger partial charge in [-0.15, -0.1) is 10.2 Å². The molecule has 0 saturated heterocycles. The number of nitrogens with two attached hydrogens (primary N) is 1. The summed E-state index contributed by atoms with van der Waals surface area (Å²) in [5.41, 5.74) is -1.22. The summed E-state index contributed by atoms with van der Waals surface area (Å²) in [6.45, 7) is -0.460. The highest BCUT2D eigenvalue weighted by atomic mass is 19.4. The molecule has 15 heteroatoms. The molecular weight excluding hydrogens is 534 g/mol. The molecule has 1 aliphatic rings. The number of aliphatic hydroxyl groups is 1. The summed E-state index contributed by atoms with van der Waals surface area (Å²) in [5.74, 6) is -3.20. The van der Waals surface area contributed by atoms with Crippen LogP contribution in [-0.2, 0) is 18.3 Å². The number of pyridine rings is 1. The zero-order valence-corrected chi connectivity index (χ0v) is 20.0. The van der Waals surface area contributed by atoms with Gasteiger partial charge in [-0.1, -0.05) is 24.6 Å². The number of amides is 1. The van der Waals surface area contributed by atoms with E-state index >= 15 is 0 Å². The van der Waals surface area contributed by atoms with Crippen LogP contribution in [0.4, 0.5) is 32.0 Å². The molecular formula is C24H20F6N6O3. The minimum Gasteiger partial charge on any atom is -0.416 e. The van der Waals surface area contributed by atoms with Crippen LogP contribution in [-0.4, -0.2) is 43.8 Å². The van der Waals surface area contributed by atoms with Gasteiger partial charge in [0, 0.05) is 13.1 Å². The van der Waals surface area contributed by atoms with Gasteiger partial charge in [0.1, 0.15) is 5.69 Å². The van der Waals surface area contributed by atoms with Crippen molar-refractivity contribution >= 4 is 11.6 Å². The molecule has 4 rings (SSSR count). The molecule has 1 aromatic carbocycles. The highest BCUT2D eigenvalue weighted by Gasteiger charge is 2.58. The first-order chi connectivity index (χ1) is 18.3. The third kappa shape index (κ3) is 5.37. The van der Waals surface area contributed by atoms with E-state index in [4.69, 9.17) is 10.2 Å². The number of nitriles is 1. The van der Waals surface area contributed by atoms with E-state index < -0.39 is 64.7 Å². The number of anilines is 1. The van der Waals surface area contributed by atoms with E-state index in [0.717, 1.165) is 4.90 Å². The van der Waals surface area contributed by atoms with Crippen LogP contribution in [0, 0.1) is 11.3 Å². The maximum absolute atomic E-state index is 14.0. The predicted molar refractivity (Wildman–Crippen MR) is 121 cm³/mol. The zero-order chi connectivity index (χ0) is 28.6. The molecule has 1 atom stereocenters. The Bertz CT molecular complexity index is 1430. The summed E-state index contributed by atoms with van der Waals surface area (Å²) >= 11 is 0. The van der Waals surface area contributed by atoms with Crippen molar-refractivity contribution in [1.29, 1.82) is 5.26 Å². The summed E-state index contributed by atoms with van der Waals surface area (Å²) in [4.78, 5) is 18.3. The Labute approximate surface area is 216 Å². The Balaban J connectivity index is 1.89. The highest BCUT2D eigenvalue weighted by Crippen LogP contribution is 2.43. The molecule has 3 aromatic rings. The van der Waals surface area contributed by atoms with Crippen LogP contribution in [0.1, 0.15) is 58.8 Å². The van der Waals surface area contributed by atoms with Gasteiger partial charge in [-0.25, -0.2) is 4.98 Å². The smallest absolute Gasteiger partial charge is 0.416 e. The first-order valence-corrected chi connectivity index (χ1v) is 11.5. The van der Waals surface area contributed by atoms with Gasteiger partial charge in [-0.3, -0.25) is 4.79 Å². The summed E-state index contributed by atoms with van der Waals surface area (Å²) in [7, 11) is 0. The third-order valence-electron chi connectivity index (χ3n) is 6.26. The number of benzene rings is 1. The Morgan fingerprint density at radius 2 is 1.82 bits per heavy atom. The van der Waals surface area contributed by atoms with Crippen molar-refractivity contribution in [3.63, 3.8) is 0 Å². The lowest BCUT2D eigenvalue weighted by molar-refractivity contribution is -0.277. The second kappa shape index (κ2) is 10.2. The van der Waals surface area contributed by atoms with Gasteiger partial charge in [-0.05, 0) is 37.0 Å². The number of carbonyl (C=O) groups excluding carboxylic acids is 1. The molecule has 0 spiro atoms. The number of hydrogen-bond donors (Lipinski definition) is 2. The van der Waals surface area contributed by atoms with E-state index in [1.54, 1.807) is 12.1 Å². The Hall–Kier alpha value is -4.19. The lowest BCUT2D eigenvalue weighted by atomic mass is 9.95. The van der Waals surface area contributed by atoms with Gasteiger partial charge in [-0.2, -0.15) is 31.6 Å². The van der Waals surface area contributed by atoms with Gasteiger partial charge in [0.25, 0.3) is 17.7 Å². The van der Waals surface area contributed by atoms with Crippen molar-refractivity contribution in [2.75, 3.05) is 12.3 Å². The normalized spacial score (nSPS) is 18.9. The average Bonchev–Trinajstić information content (AvgIpc) is 3.36. The summed E-state index contributed by atoms with van der Waals surface area (Å²) in [6, 6.07) is 8.49. The number of aromatic nitrogens is 3. The molecule has 0 fully saturated rings. The van der Waals surface area contributed by atoms with E-state index in [-0.39, 0.29) is 37.9 Å². The zero-order valence-electron chi connectivity index (χ0n) is 20.0. The van der Waals surface area contributed by atoms with E-state index in [9.17, 15) is 41.5 Å². The van der Waals surface area contributed by atoms with E-state index in [2.05, 4.69) is 15.2 Å².